The maximum atomic E-state index is 13.6. The van der Waals surface area contributed by atoms with Crippen LogP contribution in [0.15, 0.2) is 30.5 Å². The molecule has 2 heterocycles. The van der Waals surface area contributed by atoms with Gasteiger partial charge < -0.3 is 68.9 Å². The third-order valence-electron chi connectivity index (χ3n) is 8.59. The fourth-order valence-corrected chi connectivity index (χ4v) is 5.70. The Labute approximate surface area is 355 Å². The molecular formula is C36H47F5N5O16P. The number of hydrogen-bond donors (Lipinski definition) is 7. The molecule has 63 heavy (non-hydrogen) atoms. The maximum Gasteiger partial charge on any atom is 0.469 e. The van der Waals surface area contributed by atoms with Gasteiger partial charge in [0.2, 0.25) is 41.1 Å². The van der Waals surface area contributed by atoms with Gasteiger partial charge in [-0.1, -0.05) is 5.21 Å². The van der Waals surface area contributed by atoms with Crippen molar-refractivity contribution in [3.8, 4) is 11.5 Å². The van der Waals surface area contributed by atoms with Gasteiger partial charge in [-0.25, -0.2) is 27.2 Å². The van der Waals surface area contributed by atoms with Gasteiger partial charge in [0.05, 0.1) is 78.1 Å². The molecule has 0 spiro atoms. The summed E-state index contributed by atoms with van der Waals surface area (Å²) < 4.78 is 120. The van der Waals surface area contributed by atoms with Crippen LogP contribution in [-0.4, -0.2) is 149 Å². The van der Waals surface area contributed by atoms with Crippen molar-refractivity contribution in [2.45, 2.75) is 62.9 Å². The lowest BCUT2D eigenvalue weighted by Crippen LogP contribution is -2.60. The third kappa shape index (κ3) is 17.2. The second-order valence-electron chi connectivity index (χ2n) is 13.3. The largest absolute Gasteiger partial charge is 0.469 e. The number of phosphoric acid groups is 1. The van der Waals surface area contributed by atoms with Crippen LogP contribution in [-0.2, 0) is 50.5 Å². The highest BCUT2D eigenvalue weighted by molar-refractivity contribution is 7.46. The topological polar surface area (TPSA) is 281 Å². The average Bonchev–Trinajstić information content (AvgIpc) is 3.71. The first-order valence-corrected chi connectivity index (χ1v) is 20.7. The molecule has 3 aromatic rings. The number of nitrogens with one attached hydrogen (secondary N) is 2. The minimum atomic E-state index is -4.89. The van der Waals surface area contributed by atoms with Crippen molar-refractivity contribution in [2.24, 2.45) is 0 Å². The van der Waals surface area contributed by atoms with E-state index in [1.165, 1.54) is 24.3 Å². The average molecular weight is 932 g/mol. The predicted octanol–water partition coefficient (Wildman–Crippen LogP) is 1.48. The highest BCUT2D eigenvalue weighted by Gasteiger charge is 2.45. The van der Waals surface area contributed by atoms with Gasteiger partial charge in [0.1, 0.15) is 30.2 Å². The number of aliphatic hydroxyl groups excluding tert-OH is 3. The normalized spacial score (nSPS) is 18.9. The van der Waals surface area contributed by atoms with Crippen LogP contribution >= 0.6 is 7.82 Å². The van der Waals surface area contributed by atoms with Gasteiger partial charge in [-0.05, 0) is 43.5 Å². The number of hydrogen-bond acceptors (Lipinski definition) is 16. The summed E-state index contributed by atoms with van der Waals surface area (Å²) in [5.74, 6) is -14.1. The van der Waals surface area contributed by atoms with E-state index in [1.807, 2.05) is 0 Å². The molecule has 1 aliphatic rings. The number of urea groups is 1. The molecule has 1 aliphatic heterocycles. The summed E-state index contributed by atoms with van der Waals surface area (Å²) >= 11 is 0. The number of halogens is 5. The minimum Gasteiger partial charge on any atom is -0.462 e. The number of aromatic nitrogens is 3. The molecule has 27 heteroatoms. The van der Waals surface area contributed by atoms with Crippen molar-refractivity contribution in [3.05, 3.63) is 65.2 Å². The smallest absolute Gasteiger partial charge is 0.462 e. The molecule has 0 unspecified atom stereocenters. The number of anilines is 1. The second kappa shape index (κ2) is 25.8. The number of amides is 2. The number of aliphatic hydroxyl groups is 3. The number of aryl methyl sites for hydroxylation is 1. The Morgan fingerprint density at radius 2 is 1.37 bits per heavy atom. The zero-order valence-electron chi connectivity index (χ0n) is 33.3. The molecule has 21 nitrogen and oxygen atoms in total. The Kier molecular flexibility index (Phi) is 20.9. The van der Waals surface area contributed by atoms with Crippen molar-refractivity contribution in [2.75, 3.05) is 71.3 Å². The van der Waals surface area contributed by atoms with E-state index in [1.54, 1.807) is 10.9 Å². The number of phosphoric ester groups is 1. The molecule has 7 N–H and O–H groups in total. The van der Waals surface area contributed by atoms with Gasteiger partial charge in [0.25, 0.3) is 0 Å². The highest BCUT2D eigenvalue weighted by Crippen LogP contribution is 2.37. The molecule has 0 saturated carbocycles. The number of carbonyl (C=O) groups excluding carboxylic acids is 2. The number of nitrogens with zero attached hydrogens (tertiary/aromatic N) is 3. The summed E-state index contributed by atoms with van der Waals surface area (Å²) in [5.41, 5.74) is 1.18. The zero-order valence-corrected chi connectivity index (χ0v) is 34.2. The van der Waals surface area contributed by atoms with E-state index in [0.717, 1.165) is 12.1 Å². The SMILES string of the molecule is O=C(NCCCCc1cn(CCOCCOCCOCCOCCC(=O)Oc2c(F)c(F)c(F)c(F)c2F)nn1)Nc1ccc(O[C@H]2O[C@H](COP(=O)(O)O)[C@@H](O)[C@H](O)[C@@H]2O)cc1. The van der Waals surface area contributed by atoms with E-state index < -0.39 is 98.4 Å². The molecule has 1 saturated heterocycles. The molecule has 1 aromatic heterocycles. The molecule has 4 rings (SSSR count). The van der Waals surface area contributed by atoms with E-state index in [9.17, 15) is 51.4 Å². The van der Waals surface area contributed by atoms with Gasteiger partial charge in [-0.2, -0.15) is 8.78 Å². The first kappa shape index (κ1) is 51.2. The molecule has 0 aliphatic carbocycles. The Bertz CT molecular complexity index is 1920. The monoisotopic (exact) mass is 931 g/mol. The molecule has 5 atom stereocenters. The van der Waals surface area contributed by atoms with Crippen molar-refractivity contribution in [3.63, 3.8) is 0 Å². The van der Waals surface area contributed by atoms with Crippen LogP contribution in [0.4, 0.5) is 32.4 Å². The van der Waals surface area contributed by atoms with Crippen molar-refractivity contribution in [1.82, 2.24) is 20.3 Å². The van der Waals surface area contributed by atoms with Crippen LogP contribution in [0.25, 0.3) is 0 Å². The van der Waals surface area contributed by atoms with E-state index in [2.05, 4.69) is 30.2 Å². The summed E-state index contributed by atoms with van der Waals surface area (Å²) in [7, 11) is -4.89. The first-order valence-electron chi connectivity index (χ1n) is 19.2. The number of esters is 1. The fourth-order valence-electron chi connectivity index (χ4n) is 5.36. The van der Waals surface area contributed by atoms with Crippen molar-refractivity contribution in [1.29, 1.82) is 0 Å². The standard InChI is InChI=1S/C36H47F5N5O16P/c37-26-27(38)29(40)34(30(41)28(26)39)62-25(47)8-11-55-13-15-57-17-18-58-16-14-56-12-10-46-19-22(44-45-46)3-1-2-9-42-36(51)43-21-4-6-23(7-5-21)60-35-33(50)32(49)31(48)24(61-35)20-59-63(52,53)54/h4-7,19,24,31-33,35,48-50H,1-3,8-18,20H2,(H2,42,43,51)(H2,52,53,54)/t24-,31-,32+,33+,35+/m1/s1. The number of ether oxygens (including phenoxy) is 7. The molecule has 2 aromatic carbocycles. The number of rotatable bonds is 27. The molecular weight excluding hydrogens is 884 g/mol. The Morgan fingerprint density at radius 3 is 1.98 bits per heavy atom. The van der Waals surface area contributed by atoms with Gasteiger partial charge in [-0.3, -0.25) is 9.32 Å². The van der Waals surface area contributed by atoms with Gasteiger partial charge in [0.15, 0.2) is 0 Å². The van der Waals surface area contributed by atoms with E-state index >= 15 is 0 Å². The van der Waals surface area contributed by atoms with Crippen LogP contribution < -0.4 is 20.1 Å². The fraction of sp³-hybridized carbons (Fsp3) is 0.556. The third-order valence-corrected chi connectivity index (χ3v) is 9.07. The number of unbranched alkanes of at least 4 members (excludes halogenated alkanes) is 1. The lowest BCUT2D eigenvalue weighted by Gasteiger charge is -2.40. The summed E-state index contributed by atoms with van der Waals surface area (Å²) in [4.78, 5) is 41.9. The van der Waals surface area contributed by atoms with Crippen LogP contribution in [0.3, 0.4) is 0 Å². The summed E-state index contributed by atoms with van der Waals surface area (Å²) in [6.07, 6.45) is -4.80. The quantitative estimate of drug-likeness (QED) is 0.0108. The van der Waals surface area contributed by atoms with Crippen molar-refractivity contribution >= 4 is 25.5 Å². The van der Waals surface area contributed by atoms with Gasteiger partial charge >= 0.3 is 19.8 Å². The zero-order chi connectivity index (χ0) is 45.9. The second-order valence-corrected chi connectivity index (χ2v) is 14.6. The maximum absolute atomic E-state index is 13.6. The van der Waals surface area contributed by atoms with E-state index in [0.29, 0.717) is 51.4 Å². The summed E-state index contributed by atoms with van der Waals surface area (Å²) in [6.45, 7) is 1.43. The highest BCUT2D eigenvalue weighted by atomic mass is 31.2. The van der Waals surface area contributed by atoms with Crippen LogP contribution in [0.5, 0.6) is 11.5 Å². The van der Waals surface area contributed by atoms with Crippen LogP contribution in [0.2, 0.25) is 0 Å². The molecule has 0 radical (unpaired) electrons. The number of benzene rings is 2. The van der Waals surface area contributed by atoms with Crippen LogP contribution in [0, 0.1) is 29.1 Å². The molecule has 2 amide bonds. The van der Waals surface area contributed by atoms with Gasteiger partial charge in [0, 0.05) is 18.4 Å². The van der Waals surface area contributed by atoms with Crippen LogP contribution in [0.1, 0.15) is 25.0 Å². The Hall–Kier alpha value is -4.44. The number of carbonyl (C=O) groups is 2. The summed E-state index contributed by atoms with van der Waals surface area (Å²) in [5, 5.41) is 44.0. The lowest BCUT2D eigenvalue weighted by molar-refractivity contribution is -0.276. The van der Waals surface area contributed by atoms with E-state index in [-0.39, 0.29) is 38.8 Å². The molecule has 1 fully saturated rings. The van der Waals surface area contributed by atoms with E-state index in [4.69, 9.17) is 38.2 Å². The lowest BCUT2D eigenvalue weighted by atomic mass is 9.99. The van der Waals surface area contributed by atoms with Gasteiger partial charge in [-0.15, -0.1) is 5.10 Å². The summed E-state index contributed by atoms with van der Waals surface area (Å²) in [6, 6.07) is 5.43. The Morgan fingerprint density at radius 1 is 0.778 bits per heavy atom. The Balaban J connectivity index is 0.955. The first-order chi connectivity index (χ1) is 30.0. The predicted molar refractivity (Wildman–Crippen MR) is 201 cm³/mol. The molecule has 352 valence electrons. The molecule has 0 bridgehead atoms. The van der Waals surface area contributed by atoms with Crippen molar-refractivity contribution < 1.29 is 98.9 Å². The minimum absolute atomic E-state index is 0.0437.